The van der Waals surface area contributed by atoms with Crippen molar-refractivity contribution in [1.29, 1.82) is 0 Å². The van der Waals surface area contributed by atoms with Crippen LogP contribution in [-0.4, -0.2) is 8.42 Å². The third kappa shape index (κ3) is 2.89. The average molecular weight is 295 g/mol. The minimum Gasteiger partial charge on any atom is -0.396 e. The lowest BCUT2D eigenvalue weighted by Gasteiger charge is -2.12. The molecule has 7 heteroatoms. The van der Waals surface area contributed by atoms with Crippen molar-refractivity contribution in [1.82, 2.24) is 0 Å². The second kappa shape index (κ2) is 5.10. The molecule has 5 nitrogen and oxygen atoms in total. The monoisotopic (exact) mass is 295 g/mol. The van der Waals surface area contributed by atoms with E-state index in [1.807, 2.05) is 0 Å². The second-order valence-electron chi connectivity index (χ2n) is 4.35. The number of rotatable bonds is 3. The van der Waals surface area contributed by atoms with Gasteiger partial charge in [-0.3, -0.25) is 0 Å². The fourth-order valence-corrected chi connectivity index (χ4v) is 2.46. The number of para-hydroxylation sites is 1. The van der Waals surface area contributed by atoms with Gasteiger partial charge in [0, 0.05) is 5.69 Å². The van der Waals surface area contributed by atoms with Crippen molar-refractivity contribution in [2.75, 3.05) is 11.1 Å². The van der Waals surface area contributed by atoms with Gasteiger partial charge in [-0.15, -0.1) is 0 Å². The summed E-state index contributed by atoms with van der Waals surface area (Å²) < 4.78 is 35.9. The van der Waals surface area contributed by atoms with Crippen molar-refractivity contribution in [3.63, 3.8) is 0 Å². The molecular weight excluding hydrogens is 281 g/mol. The van der Waals surface area contributed by atoms with Gasteiger partial charge >= 0.3 is 0 Å². The lowest BCUT2D eigenvalue weighted by atomic mass is 10.2. The van der Waals surface area contributed by atoms with Crippen LogP contribution in [0.5, 0.6) is 0 Å². The molecule has 0 saturated carbocycles. The molecule has 5 N–H and O–H groups in total. The number of nitrogen functional groups attached to an aromatic ring is 1. The van der Waals surface area contributed by atoms with Gasteiger partial charge in [-0.25, -0.2) is 17.9 Å². The quantitative estimate of drug-likeness (QED) is 0.755. The van der Waals surface area contributed by atoms with E-state index in [2.05, 4.69) is 5.32 Å². The van der Waals surface area contributed by atoms with Gasteiger partial charge in [-0.2, -0.15) is 0 Å². The maximum absolute atomic E-state index is 13.2. The molecular formula is C13H14FN3O2S. The zero-order valence-electron chi connectivity index (χ0n) is 10.7. The number of benzene rings is 2. The zero-order chi connectivity index (χ0) is 14.9. The molecule has 0 heterocycles. The Kier molecular flexibility index (Phi) is 3.65. The standard InChI is InChI=1S/C13H14FN3O2S/c1-8-7-9(5-6-10(8)14)17-11-3-2-4-12(13(11)15)20(16,18)19/h2-7,17H,15H2,1H3,(H2,16,18,19). The summed E-state index contributed by atoms with van der Waals surface area (Å²) in [6.07, 6.45) is 0. The van der Waals surface area contributed by atoms with E-state index in [1.54, 1.807) is 19.1 Å². The van der Waals surface area contributed by atoms with Gasteiger partial charge in [0.25, 0.3) is 0 Å². The fourth-order valence-electron chi connectivity index (χ4n) is 1.78. The van der Waals surface area contributed by atoms with Gasteiger partial charge in [-0.05, 0) is 42.8 Å². The molecule has 0 fully saturated rings. The number of anilines is 3. The van der Waals surface area contributed by atoms with Crippen LogP contribution in [0, 0.1) is 12.7 Å². The summed E-state index contributed by atoms with van der Waals surface area (Å²) in [7, 11) is -3.89. The van der Waals surface area contributed by atoms with Gasteiger partial charge < -0.3 is 11.1 Å². The van der Waals surface area contributed by atoms with Crippen molar-refractivity contribution < 1.29 is 12.8 Å². The maximum Gasteiger partial charge on any atom is 0.240 e. The van der Waals surface area contributed by atoms with Crippen molar-refractivity contribution in [3.8, 4) is 0 Å². The predicted molar refractivity (Wildman–Crippen MR) is 76.6 cm³/mol. The first-order valence-corrected chi connectivity index (χ1v) is 7.28. The average Bonchev–Trinajstić information content (AvgIpc) is 2.35. The van der Waals surface area contributed by atoms with Crippen molar-refractivity contribution in [2.24, 2.45) is 5.14 Å². The SMILES string of the molecule is Cc1cc(Nc2cccc(S(N)(=O)=O)c2N)ccc1F. The molecule has 20 heavy (non-hydrogen) atoms. The number of nitrogens with one attached hydrogen (secondary N) is 1. The highest BCUT2D eigenvalue weighted by molar-refractivity contribution is 7.89. The second-order valence-corrected chi connectivity index (χ2v) is 5.88. The van der Waals surface area contributed by atoms with Crippen LogP contribution >= 0.6 is 0 Å². The number of nitrogens with two attached hydrogens (primary N) is 2. The Morgan fingerprint density at radius 2 is 1.90 bits per heavy atom. The predicted octanol–water partition coefficient (Wildman–Crippen LogP) is 2.11. The minimum absolute atomic E-state index is 0.0250. The van der Waals surface area contributed by atoms with E-state index in [-0.39, 0.29) is 16.4 Å². The van der Waals surface area contributed by atoms with Crippen molar-refractivity contribution in [3.05, 3.63) is 47.8 Å². The van der Waals surface area contributed by atoms with Crippen LogP contribution in [0.3, 0.4) is 0 Å². The van der Waals surface area contributed by atoms with Gasteiger partial charge in [0.2, 0.25) is 10.0 Å². The number of aryl methyl sites for hydroxylation is 1. The Bertz CT molecular complexity index is 760. The van der Waals surface area contributed by atoms with E-state index >= 15 is 0 Å². The molecule has 0 radical (unpaired) electrons. The van der Waals surface area contributed by atoms with E-state index in [1.165, 1.54) is 24.3 Å². The maximum atomic E-state index is 13.2. The van der Waals surface area contributed by atoms with Gasteiger partial charge in [-0.1, -0.05) is 6.07 Å². The Balaban J connectivity index is 2.42. The molecule has 106 valence electrons. The van der Waals surface area contributed by atoms with E-state index in [9.17, 15) is 12.8 Å². The molecule has 2 rings (SSSR count). The van der Waals surface area contributed by atoms with Crippen LogP contribution in [0.15, 0.2) is 41.3 Å². The van der Waals surface area contributed by atoms with Crippen molar-refractivity contribution in [2.45, 2.75) is 11.8 Å². The molecule has 0 unspecified atom stereocenters. The Hall–Kier alpha value is -2.12. The van der Waals surface area contributed by atoms with Crippen LogP contribution in [0.4, 0.5) is 21.5 Å². The molecule has 0 aliphatic heterocycles. The fraction of sp³-hybridized carbons (Fsp3) is 0.0769. The summed E-state index contributed by atoms with van der Waals surface area (Å²) in [6.45, 7) is 1.63. The Morgan fingerprint density at radius 1 is 1.20 bits per heavy atom. The third-order valence-electron chi connectivity index (χ3n) is 2.81. The third-order valence-corrected chi connectivity index (χ3v) is 3.78. The van der Waals surface area contributed by atoms with Gasteiger partial charge in [0.15, 0.2) is 0 Å². The summed E-state index contributed by atoms with van der Waals surface area (Å²) in [5, 5.41) is 8.02. The molecule has 0 aliphatic carbocycles. The minimum atomic E-state index is -3.89. The molecule has 0 spiro atoms. The number of hydrogen-bond acceptors (Lipinski definition) is 4. The smallest absolute Gasteiger partial charge is 0.240 e. The first-order chi connectivity index (χ1) is 9.29. The Morgan fingerprint density at radius 3 is 2.50 bits per heavy atom. The van der Waals surface area contributed by atoms with Crippen molar-refractivity contribution >= 4 is 27.1 Å². The summed E-state index contributed by atoms with van der Waals surface area (Å²) in [4.78, 5) is -0.152. The number of hydrogen-bond donors (Lipinski definition) is 3. The molecule has 0 bridgehead atoms. The lowest BCUT2D eigenvalue weighted by Crippen LogP contribution is -2.15. The zero-order valence-corrected chi connectivity index (χ0v) is 11.5. The first kappa shape index (κ1) is 14.3. The highest BCUT2D eigenvalue weighted by atomic mass is 32.2. The summed E-state index contributed by atoms with van der Waals surface area (Å²) in [6, 6.07) is 8.91. The van der Waals surface area contributed by atoms with Gasteiger partial charge in [0.05, 0.1) is 11.4 Å². The largest absolute Gasteiger partial charge is 0.396 e. The summed E-state index contributed by atoms with van der Waals surface area (Å²) in [5.41, 5.74) is 7.27. The van der Waals surface area contributed by atoms with Gasteiger partial charge in [0.1, 0.15) is 10.7 Å². The highest BCUT2D eigenvalue weighted by Gasteiger charge is 2.14. The van der Waals surface area contributed by atoms with E-state index in [4.69, 9.17) is 10.9 Å². The lowest BCUT2D eigenvalue weighted by molar-refractivity contribution is 0.598. The van der Waals surface area contributed by atoms with Crippen LogP contribution in [0.25, 0.3) is 0 Å². The molecule has 0 aromatic heterocycles. The summed E-state index contributed by atoms with van der Waals surface area (Å²) in [5.74, 6) is -0.318. The van der Waals surface area contributed by atoms with E-state index in [0.717, 1.165) is 0 Å². The number of sulfonamides is 1. The molecule has 0 aliphatic rings. The topological polar surface area (TPSA) is 98.2 Å². The normalized spacial score (nSPS) is 11.3. The van der Waals surface area contributed by atoms with E-state index < -0.39 is 10.0 Å². The van der Waals surface area contributed by atoms with Crippen LogP contribution in [-0.2, 0) is 10.0 Å². The number of primary sulfonamides is 1. The Labute approximate surface area is 116 Å². The van der Waals surface area contributed by atoms with Crippen LogP contribution < -0.4 is 16.2 Å². The molecule has 2 aromatic carbocycles. The number of halogens is 1. The van der Waals surface area contributed by atoms with E-state index in [0.29, 0.717) is 16.9 Å². The molecule has 2 aromatic rings. The highest BCUT2D eigenvalue weighted by Crippen LogP contribution is 2.29. The molecule has 0 amide bonds. The summed E-state index contributed by atoms with van der Waals surface area (Å²) >= 11 is 0. The molecule has 0 atom stereocenters. The van der Waals surface area contributed by atoms with Crippen LogP contribution in [0.2, 0.25) is 0 Å². The van der Waals surface area contributed by atoms with Crippen LogP contribution in [0.1, 0.15) is 5.56 Å². The molecule has 0 saturated heterocycles. The first-order valence-electron chi connectivity index (χ1n) is 5.73.